The standard InChI is InChI=1S/C7H12O2/c1-3-6(2)7-4-8-5-9-7/h2,6-7H,3-5H2,1H3. The molecule has 2 atom stereocenters. The molecule has 1 heterocycles. The van der Waals surface area contributed by atoms with Crippen LogP contribution in [0.2, 0.25) is 0 Å². The molecule has 2 radical (unpaired) electrons. The van der Waals surface area contributed by atoms with Crippen molar-refractivity contribution < 1.29 is 9.47 Å². The molecule has 0 aromatic rings. The van der Waals surface area contributed by atoms with Crippen LogP contribution in [0, 0.1) is 12.8 Å². The molecule has 0 aliphatic carbocycles. The first kappa shape index (κ1) is 7.03. The van der Waals surface area contributed by atoms with Crippen LogP contribution in [0.3, 0.4) is 0 Å². The summed E-state index contributed by atoms with van der Waals surface area (Å²) in [5, 5.41) is 0. The van der Waals surface area contributed by atoms with Gasteiger partial charge in [0.1, 0.15) is 6.79 Å². The smallest absolute Gasteiger partial charge is 0.147 e. The molecule has 0 saturated carbocycles. The second-order valence-electron chi connectivity index (χ2n) is 2.27. The van der Waals surface area contributed by atoms with Crippen LogP contribution < -0.4 is 0 Å². The van der Waals surface area contributed by atoms with E-state index in [0.717, 1.165) is 6.42 Å². The average molecular weight is 128 g/mol. The van der Waals surface area contributed by atoms with Crippen molar-refractivity contribution in [1.82, 2.24) is 0 Å². The Hall–Kier alpha value is -0.0800. The van der Waals surface area contributed by atoms with Crippen LogP contribution >= 0.6 is 0 Å². The number of hydrogen-bond acceptors (Lipinski definition) is 2. The van der Waals surface area contributed by atoms with E-state index in [1.807, 2.05) is 6.92 Å². The number of hydrogen-bond donors (Lipinski definition) is 0. The highest BCUT2D eigenvalue weighted by Crippen LogP contribution is 2.15. The molecule has 52 valence electrons. The average Bonchev–Trinajstić information content (AvgIpc) is 2.37. The van der Waals surface area contributed by atoms with E-state index in [0.29, 0.717) is 13.4 Å². The van der Waals surface area contributed by atoms with Gasteiger partial charge in [-0.1, -0.05) is 13.3 Å². The molecule has 1 rings (SSSR count). The second-order valence-corrected chi connectivity index (χ2v) is 2.27. The topological polar surface area (TPSA) is 18.5 Å². The van der Waals surface area contributed by atoms with Crippen LogP contribution in [0.25, 0.3) is 0 Å². The predicted molar refractivity (Wildman–Crippen MR) is 33.8 cm³/mol. The largest absolute Gasteiger partial charge is 0.353 e. The molecule has 0 aromatic carbocycles. The van der Waals surface area contributed by atoms with Gasteiger partial charge in [0.2, 0.25) is 0 Å². The molecule has 0 N–H and O–H groups in total. The van der Waals surface area contributed by atoms with Crippen LogP contribution in [-0.4, -0.2) is 19.5 Å². The van der Waals surface area contributed by atoms with Crippen molar-refractivity contribution >= 4 is 0 Å². The summed E-state index contributed by atoms with van der Waals surface area (Å²) in [7, 11) is 0. The Morgan fingerprint density at radius 3 is 3.00 bits per heavy atom. The van der Waals surface area contributed by atoms with E-state index in [2.05, 4.69) is 0 Å². The van der Waals surface area contributed by atoms with Gasteiger partial charge in [0.25, 0.3) is 0 Å². The van der Waals surface area contributed by atoms with E-state index in [4.69, 9.17) is 16.4 Å². The first-order valence-electron chi connectivity index (χ1n) is 3.29. The molecule has 1 aliphatic heterocycles. The van der Waals surface area contributed by atoms with Crippen molar-refractivity contribution in [2.45, 2.75) is 19.4 Å². The summed E-state index contributed by atoms with van der Waals surface area (Å²) in [6.45, 7) is 8.80. The Morgan fingerprint density at radius 2 is 2.56 bits per heavy atom. The monoisotopic (exact) mass is 128 g/mol. The van der Waals surface area contributed by atoms with Gasteiger partial charge in [-0.25, -0.2) is 0 Å². The Bertz CT molecular complexity index is 77.0. The van der Waals surface area contributed by atoms with Gasteiger partial charge in [-0.2, -0.15) is 0 Å². The molecule has 0 bridgehead atoms. The fourth-order valence-corrected chi connectivity index (χ4v) is 0.858. The van der Waals surface area contributed by atoms with E-state index in [9.17, 15) is 0 Å². The zero-order valence-corrected chi connectivity index (χ0v) is 5.67. The highest BCUT2D eigenvalue weighted by atomic mass is 16.7. The normalized spacial score (nSPS) is 30.7. The van der Waals surface area contributed by atoms with Gasteiger partial charge < -0.3 is 9.47 Å². The van der Waals surface area contributed by atoms with Crippen LogP contribution in [0.1, 0.15) is 13.3 Å². The van der Waals surface area contributed by atoms with Crippen molar-refractivity contribution in [2.75, 3.05) is 13.4 Å². The van der Waals surface area contributed by atoms with Crippen molar-refractivity contribution in [2.24, 2.45) is 5.92 Å². The van der Waals surface area contributed by atoms with Crippen LogP contribution in [0.5, 0.6) is 0 Å². The third-order valence-electron chi connectivity index (χ3n) is 1.60. The van der Waals surface area contributed by atoms with Crippen molar-refractivity contribution in [3.63, 3.8) is 0 Å². The summed E-state index contributed by atoms with van der Waals surface area (Å²) >= 11 is 0. The molecule has 2 unspecified atom stereocenters. The lowest BCUT2D eigenvalue weighted by atomic mass is 10.0. The minimum atomic E-state index is 0.134. The Labute approximate surface area is 56.2 Å². The number of rotatable bonds is 2. The van der Waals surface area contributed by atoms with Crippen LogP contribution in [-0.2, 0) is 9.47 Å². The summed E-state index contributed by atoms with van der Waals surface area (Å²) in [6.07, 6.45) is 1.09. The van der Waals surface area contributed by atoms with Gasteiger partial charge in [-0.05, 0) is 12.8 Å². The van der Waals surface area contributed by atoms with Crippen LogP contribution in [0.4, 0.5) is 0 Å². The molecule has 1 fully saturated rings. The second kappa shape index (κ2) is 3.18. The van der Waals surface area contributed by atoms with E-state index in [1.54, 1.807) is 0 Å². The lowest BCUT2D eigenvalue weighted by Gasteiger charge is -2.12. The first-order valence-corrected chi connectivity index (χ1v) is 3.29. The summed E-state index contributed by atoms with van der Waals surface area (Å²) in [5.74, 6) is 0.146. The zero-order chi connectivity index (χ0) is 6.69. The SMILES string of the molecule is [CH]C(CC)C1COCO1. The maximum Gasteiger partial charge on any atom is 0.147 e. The minimum absolute atomic E-state index is 0.134. The van der Waals surface area contributed by atoms with Gasteiger partial charge in [0.05, 0.1) is 12.7 Å². The van der Waals surface area contributed by atoms with Crippen molar-refractivity contribution in [3.8, 4) is 0 Å². The lowest BCUT2D eigenvalue weighted by Crippen LogP contribution is -2.19. The Morgan fingerprint density at radius 1 is 1.78 bits per heavy atom. The van der Waals surface area contributed by atoms with Gasteiger partial charge >= 0.3 is 0 Å². The third kappa shape index (κ3) is 1.66. The molecule has 2 heteroatoms. The fourth-order valence-electron chi connectivity index (χ4n) is 0.858. The van der Waals surface area contributed by atoms with Gasteiger partial charge in [0, 0.05) is 0 Å². The molecule has 1 saturated heterocycles. The fraction of sp³-hybridized carbons (Fsp3) is 0.857. The molecule has 1 aliphatic rings. The van der Waals surface area contributed by atoms with Crippen LogP contribution in [0.15, 0.2) is 0 Å². The van der Waals surface area contributed by atoms with Gasteiger partial charge in [-0.3, -0.25) is 0 Å². The number of ether oxygens (including phenoxy) is 2. The van der Waals surface area contributed by atoms with E-state index in [1.165, 1.54) is 0 Å². The molecule has 9 heavy (non-hydrogen) atoms. The van der Waals surface area contributed by atoms with Gasteiger partial charge in [-0.15, -0.1) is 0 Å². The molecular weight excluding hydrogens is 116 g/mol. The van der Waals surface area contributed by atoms with Gasteiger partial charge in [0.15, 0.2) is 0 Å². The summed E-state index contributed by atoms with van der Waals surface area (Å²) in [4.78, 5) is 0. The highest BCUT2D eigenvalue weighted by Gasteiger charge is 2.21. The van der Waals surface area contributed by atoms with E-state index < -0.39 is 0 Å². The summed E-state index contributed by atoms with van der Waals surface area (Å²) in [6, 6.07) is 0. The van der Waals surface area contributed by atoms with Crippen molar-refractivity contribution in [1.29, 1.82) is 0 Å². The summed E-state index contributed by atoms with van der Waals surface area (Å²) in [5.41, 5.74) is 0. The Kier molecular flexibility index (Phi) is 2.49. The highest BCUT2D eigenvalue weighted by molar-refractivity contribution is 4.72. The zero-order valence-electron chi connectivity index (χ0n) is 5.67. The quantitative estimate of drug-likeness (QED) is 0.554. The lowest BCUT2D eigenvalue weighted by molar-refractivity contribution is 0.0342. The third-order valence-corrected chi connectivity index (χ3v) is 1.60. The van der Waals surface area contributed by atoms with Crippen molar-refractivity contribution in [3.05, 3.63) is 6.92 Å². The summed E-state index contributed by atoms with van der Waals surface area (Å²) < 4.78 is 10.1. The maximum absolute atomic E-state index is 5.67. The first-order chi connectivity index (χ1) is 4.34. The minimum Gasteiger partial charge on any atom is -0.353 e. The Balaban J connectivity index is 2.24. The molecule has 0 amide bonds. The maximum atomic E-state index is 5.67. The molecule has 0 aromatic heterocycles. The molecule has 2 nitrogen and oxygen atoms in total. The van der Waals surface area contributed by atoms with E-state index in [-0.39, 0.29) is 12.0 Å². The van der Waals surface area contributed by atoms with E-state index >= 15 is 0 Å². The molecular formula is C7H12O2. The molecule has 0 spiro atoms. The predicted octanol–water partition coefficient (Wildman–Crippen LogP) is 1.10.